The average Bonchev–Trinajstić information content (AvgIpc) is 2.39. The predicted molar refractivity (Wildman–Crippen MR) is 74.9 cm³/mol. The van der Waals surface area contributed by atoms with E-state index in [1.54, 1.807) is 6.07 Å². The summed E-state index contributed by atoms with van der Waals surface area (Å²) >= 11 is 0. The minimum absolute atomic E-state index is 0.445. The summed E-state index contributed by atoms with van der Waals surface area (Å²) < 4.78 is 38.9. The molecule has 0 atom stereocenters. The van der Waals surface area contributed by atoms with E-state index < -0.39 is 11.9 Å². The minimum Gasteiger partial charge on any atom is -0.385 e. The number of pyridine rings is 1. The van der Waals surface area contributed by atoms with Crippen LogP contribution in [0.3, 0.4) is 0 Å². The number of fused-ring (bicyclic) bond motifs is 1. The molecule has 0 spiro atoms. The maximum absolute atomic E-state index is 13.0. The Kier molecular flexibility index (Phi) is 4.16. The highest BCUT2D eigenvalue weighted by Gasteiger charge is 2.33. The van der Waals surface area contributed by atoms with E-state index in [1.807, 2.05) is 26.0 Å². The predicted octanol–water partition coefficient (Wildman–Crippen LogP) is 4.64. The van der Waals surface area contributed by atoms with Crippen molar-refractivity contribution in [3.8, 4) is 0 Å². The molecule has 0 aliphatic rings. The zero-order valence-corrected chi connectivity index (χ0v) is 11.5. The summed E-state index contributed by atoms with van der Waals surface area (Å²) in [6.45, 7) is 4.42. The van der Waals surface area contributed by atoms with E-state index in [9.17, 15) is 13.2 Å². The minimum atomic E-state index is -4.43. The Morgan fingerprint density at radius 1 is 1.20 bits per heavy atom. The zero-order chi connectivity index (χ0) is 14.8. The number of aryl methyl sites for hydroxylation is 1. The van der Waals surface area contributed by atoms with Crippen LogP contribution in [0.25, 0.3) is 10.9 Å². The van der Waals surface area contributed by atoms with Gasteiger partial charge < -0.3 is 5.32 Å². The number of aromatic nitrogens is 1. The normalized spacial score (nSPS) is 11.8. The molecule has 0 fully saturated rings. The Bertz CT molecular complexity index is 606. The molecule has 0 radical (unpaired) electrons. The Labute approximate surface area is 116 Å². The molecule has 1 heterocycles. The third-order valence-electron chi connectivity index (χ3n) is 3.10. The van der Waals surface area contributed by atoms with Crippen molar-refractivity contribution in [3.05, 3.63) is 35.5 Å². The Balaban J connectivity index is 2.72. The largest absolute Gasteiger partial charge is 0.433 e. The number of nitrogens with one attached hydrogen (secondary N) is 1. The Hall–Kier alpha value is -1.78. The second-order valence-corrected chi connectivity index (χ2v) is 4.65. The first-order valence-electron chi connectivity index (χ1n) is 6.71. The molecular weight excluding hydrogens is 265 g/mol. The number of alkyl halides is 3. The van der Waals surface area contributed by atoms with Crippen LogP contribution in [0.4, 0.5) is 18.9 Å². The first-order valence-corrected chi connectivity index (χ1v) is 6.71. The summed E-state index contributed by atoms with van der Waals surface area (Å²) in [6.07, 6.45) is -2.84. The highest BCUT2D eigenvalue weighted by atomic mass is 19.4. The third kappa shape index (κ3) is 2.86. The van der Waals surface area contributed by atoms with Gasteiger partial charge in [0, 0.05) is 17.6 Å². The number of hydrogen-bond donors (Lipinski definition) is 1. The van der Waals surface area contributed by atoms with E-state index in [2.05, 4.69) is 10.3 Å². The SMILES string of the molecule is CCCc1cccc2c(NCC)cc(C(F)(F)F)nc12. The van der Waals surface area contributed by atoms with Crippen LogP contribution in [0.2, 0.25) is 0 Å². The van der Waals surface area contributed by atoms with Crippen molar-refractivity contribution in [2.75, 3.05) is 11.9 Å². The molecule has 0 bridgehead atoms. The summed E-state index contributed by atoms with van der Waals surface area (Å²) in [5.41, 5.74) is 0.947. The van der Waals surface area contributed by atoms with Crippen molar-refractivity contribution >= 4 is 16.6 Å². The van der Waals surface area contributed by atoms with Crippen LogP contribution in [0.1, 0.15) is 31.5 Å². The summed E-state index contributed by atoms with van der Waals surface area (Å²) in [6, 6.07) is 6.60. The molecule has 0 saturated heterocycles. The van der Waals surface area contributed by atoms with Crippen LogP contribution in [0, 0.1) is 0 Å². The second kappa shape index (κ2) is 5.69. The van der Waals surface area contributed by atoms with E-state index in [-0.39, 0.29) is 0 Å². The van der Waals surface area contributed by atoms with Gasteiger partial charge in [-0.1, -0.05) is 31.5 Å². The summed E-state index contributed by atoms with van der Waals surface area (Å²) in [4.78, 5) is 3.84. The highest BCUT2D eigenvalue weighted by Crippen LogP contribution is 2.34. The van der Waals surface area contributed by atoms with Gasteiger partial charge in [0.25, 0.3) is 0 Å². The molecule has 0 saturated carbocycles. The number of hydrogen-bond acceptors (Lipinski definition) is 2. The lowest BCUT2D eigenvalue weighted by Gasteiger charge is -2.14. The molecule has 2 rings (SSSR count). The second-order valence-electron chi connectivity index (χ2n) is 4.65. The molecule has 5 heteroatoms. The summed E-state index contributed by atoms with van der Waals surface area (Å²) in [5, 5.41) is 3.73. The van der Waals surface area contributed by atoms with Crippen LogP contribution < -0.4 is 5.32 Å². The van der Waals surface area contributed by atoms with Gasteiger partial charge in [0.1, 0.15) is 5.69 Å². The molecule has 1 N–H and O–H groups in total. The monoisotopic (exact) mass is 282 g/mol. The number of rotatable bonds is 4. The number of anilines is 1. The molecule has 1 aromatic heterocycles. The lowest BCUT2D eigenvalue weighted by molar-refractivity contribution is -0.140. The molecule has 0 aliphatic carbocycles. The van der Waals surface area contributed by atoms with Crippen molar-refractivity contribution in [2.45, 2.75) is 32.9 Å². The number of halogens is 3. The highest BCUT2D eigenvalue weighted by molar-refractivity contribution is 5.93. The lowest BCUT2D eigenvalue weighted by atomic mass is 10.0. The number of benzene rings is 1. The van der Waals surface area contributed by atoms with Crippen molar-refractivity contribution in [2.24, 2.45) is 0 Å². The van der Waals surface area contributed by atoms with Gasteiger partial charge in [-0.3, -0.25) is 0 Å². The Morgan fingerprint density at radius 2 is 1.95 bits per heavy atom. The third-order valence-corrected chi connectivity index (χ3v) is 3.10. The molecule has 2 aromatic rings. The van der Waals surface area contributed by atoms with Gasteiger partial charge in [-0.15, -0.1) is 0 Å². The summed E-state index contributed by atoms with van der Waals surface area (Å²) in [7, 11) is 0. The smallest absolute Gasteiger partial charge is 0.385 e. The van der Waals surface area contributed by atoms with E-state index in [0.29, 0.717) is 17.7 Å². The topological polar surface area (TPSA) is 24.9 Å². The van der Waals surface area contributed by atoms with Crippen LogP contribution in [-0.4, -0.2) is 11.5 Å². The van der Waals surface area contributed by atoms with E-state index in [1.165, 1.54) is 0 Å². The van der Waals surface area contributed by atoms with Gasteiger partial charge in [0.2, 0.25) is 0 Å². The Morgan fingerprint density at radius 3 is 2.55 bits per heavy atom. The molecule has 0 unspecified atom stereocenters. The molecule has 20 heavy (non-hydrogen) atoms. The van der Waals surface area contributed by atoms with Crippen LogP contribution >= 0.6 is 0 Å². The van der Waals surface area contributed by atoms with Gasteiger partial charge in [-0.25, -0.2) is 4.98 Å². The van der Waals surface area contributed by atoms with Crippen molar-refractivity contribution in [1.82, 2.24) is 4.98 Å². The van der Waals surface area contributed by atoms with Gasteiger partial charge in [0.15, 0.2) is 0 Å². The van der Waals surface area contributed by atoms with E-state index in [0.717, 1.165) is 29.9 Å². The fourth-order valence-corrected chi connectivity index (χ4v) is 2.26. The first-order chi connectivity index (χ1) is 9.47. The molecule has 0 aliphatic heterocycles. The maximum Gasteiger partial charge on any atom is 0.433 e. The number of nitrogens with zero attached hydrogens (tertiary/aromatic N) is 1. The molecule has 108 valence electrons. The number of para-hydroxylation sites is 1. The zero-order valence-electron chi connectivity index (χ0n) is 11.5. The van der Waals surface area contributed by atoms with Gasteiger partial charge in [-0.05, 0) is 25.0 Å². The van der Waals surface area contributed by atoms with Crippen molar-refractivity contribution in [3.63, 3.8) is 0 Å². The molecule has 0 amide bonds. The van der Waals surface area contributed by atoms with Crippen LogP contribution in [-0.2, 0) is 12.6 Å². The standard InChI is InChI=1S/C15H17F3N2/c1-3-6-10-7-5-8-11-12(19-4-2)9-13(15(16,17)18)20-14(10)11/h5,7-9H,3-4,6H2,1-2H3,(H,19,20). The molecule has 2 nitrogen and oxygen atoms in total. The van der Waals surface area contributed by atoms with Crippen LogP contribution in [0.15, 0.2) is 24.3 Å². The van der Waals surface area contributed by atoms with E-state index >= 15 is 0 Å². The molecule has 1 aromatic carbocycles. The molecular formula is C15H17F3N2. The van der Waals surface area contributed by atoms with Gasteiger partial charge >= 0.3 is 6.18 Å². The fraction of sp³-hybridized carbons (Fsp3) is 0.400. The van der Waals surface area contributed by atoms with Gasteiger partial charge in [-0.2, -0.15) is 13.2 Å². The van der Waals surface area contributed by atoms with Gasteiger partial charge in [0.05, 0.1) is 5.52 Å². The van der Waals surface area contributed by atoms with Crippen LogP contribution in [0.5, 0.6) is 0 Å². The quantitative estimate of drug-likeness (QED) is 0.883. The van der Waals surface area contributed by atoms with Crippen molar-refractivity contribution in [1.29, 1.82) is 0 Å². The van der Waals surface area contributed by atoms with Crippen molar-refractivity contribution < 1.29 is 13.2 Å². The fourth-order valence-electron chi connectivity index (χ4n) is 2.26. The maximum atomic E-state index is 13.0. The lowest BCUT2D eigenvalue weighted by Crippen LogP contribution is -2.10. The average molecular weight is 282 g/mol. The summed E-state index contributed by atoms with van der Waals surface area (Å²) in [5.74, 6) is 0. The van der Waals surface area contributed by atoms with E-state index in [4.69, 9.17) is 0 Å². The first kappa shape index (κ1) is 14.6.